The van der Waals surface area contributed by atoms with Gasteiger partial charge in [-0.1, -0.05) is 6.42 Å². The molecule has 1 rings (SSSR count). The van der Waals surface area contributed by atoms with E-state index in [9.17, 15) is 9.90 Å². The second-order valence-corrected chi connectivity index (χ2v) is 5.53. The molecule has 94 valence electrons. The number of ether oxygens (including phenoxy) is 1. The maximum Gasteiger partial charge on any atom is 0.338 e. The normalized spacial score (nSPS) is 28.8. The molecule has 0 amide bonds. The van der Waals surface area contributed by atoms with Gasteiger partial charge in [0.1, 0.15) is 0 Å². The van der Waals surface area contributed by atoms with Crippen molar-refractivity contribution < 1.29 is 14.6 Å². The number of esters is 1. The number of rotatable bonds is 5. The van der Waals surface area contributed by atoms with Crippen LogP contribution < -0.4 is 5.32 Å². The summed E-state index contributed by atoms with van der Waals surface area (Å²) in [4.78, 5) is 11.3. The van der Waals surface area contributed by atoms with Gasteiger partial charge >= 0.3 is 5.97 Å². The van der Waals surface area contributed by atoms with E-state index in [1.54, 1.807) is 0 Å². The molecule has 4 nitrogen and oxygen atoms in total. The Balaban J connectivity index is 2.41. The van der Waals surface area contributed by atoms with Crippen LogP contribution in [-0.4, -0.2) is 47.9 Å². The standard InChI is InChI=1S/C11H21NO3S/c1-11(14,10(13)15-2)7-12-8-5-4-6-9(8)16-3/h8-9,12,14H,4-7H2,1-3H3. The first-order valence-electron chi connectivity index (χ1n) is 5.58. The van der Waals surface area contributed by atoms with Crippen molar-refractivity contribution in [1.82, 2.24) is 5.32 Å². The maximum absolute atomic E-state index is 11.3. The molecule has 0 heterocycles. The van der Waals surface area contributed by atoms with Crippen molar-refractivity contribution in [2.24, 2.45) is 0 Å². The molecule has 0 aromatic carbocycles. The van der Waals surface area contributed by atoms with Crippen molar-refractivity contribution in [3.05, 3.63) is 0 Å². The highest BCUT2D eigenvalue weighted by molar-refractivity contribution is 7.99. The molecule has 16 heavy (non-hydrogen) atoms. The van der Waals surface area contributed by atoms with Gasteiger partial charge < -0.3 is 15.2 Å². The van der Waals surface area contributed by atoms with Gasteiger partial charge in [0.05, 0.1) is 7.11 Å². The zero-order chi connectivity index (χ0) is 12.2. The smallest absolute Gasteiger partial charge is 0.338 e. The molecule has 0 aromatic rings. The third-order valence-corrected chi connectivity index (χ3v) is 4.26. The molecular formula is C11H21NO3S. The minimum absolute atomic E-state index is 0.251. The van der Waals surface area contributed by atoms with Crippen molar-refractivity contribution in [2.45, 2.75) is 43.1 Å². The molecule has 1 aliphatic carbocycles. The summed E-state index contributed by atoms with van der Waals surface area (Å²) in [5.41, 5.74) is -1.43. The summed E-state index contributed by atoms with van der Waals surface area (Å²) in [6.45, 7) is 1.73. The van der Waals surface area contributed by atoms with Gasteiger partial charge in [0.25, 0.3) is 0 Å². The Morgan fingerprint density at radius 1 is 1.62 bits per heavy atom. The SMILES string of the molecule is COC(=O)C(C)(O)CNC1CCCC1SC. The fourth-order valence-corrected chi connectivity index (χ4v) is 3.03. The molecule has 1 aliphatic rings. The summed E-state index contributed by atoms with van der Waals surface area (Å²) in [5, 5.41) is 13.7. The minimum atomic E-state index is -1.43. The van der Waals surface area contributed by atoms with E-state index in [0.29, 0.717) is 11.3 Å². The Bertz CT molecular complexity index is 245. The summed E-state index contributed by atoms with van der Waals surface area (Å²) in [5.74, 6) is -0.585. The van der Waals surface area contributed by atoms with E-state index in [-0.39, 0.29) is 6.54 Å². The van der Waals surface area contributed by atoms with E-state index in [2.05, 4.69) is 16.3 Å². The zero-order valence-corrected chi connectivity index (χ0v) is 11.0. The summed E-state index contributed by atoms with van der Waals surface area (Å²) < 4.78 is 4.55. The second kappa shape index (κ2) is 5.89. The summed E-state index contributed by atoms with van der Waals surface area (Å²) in [6.07, 6.45) is 5.63. The van der Waals surface area contributed by atoms with Crippen molar-refractivity contribution >= 4 is 17.7 Å². The number of carbonyl (C=O) groups excluding carboxylic acids is 1. The molecule has 5 heteroatoms. The lowest BCUT2D eigenvalue weighted by atomic mass is 10.1. The number of hydrogen-bond donors (Lipinski definition) is 2. The molecule has 1 saturated carbocycles. The van der Waals surface area contributed by atoms with Crippen LogP contribution in [0, 0.1) is 0 Å². The zero-order valence-electron chi connectivity index (χ0n) is 10.2. The van der Waals surface area contributed by atoms with Crippen molar-refractivity contribution in [1.29, 1.82) is 0 Å². The van der Waals surface area contributed by atoms with Gasteiger partial charge in [-0.05, 0) is 26.0 Å². The van der Waals surface area contributed by atoms with Crippen LogP contribution in [0.5, 0.6) is 0 Å². The number of methoxy groups -OCH3 is 1. The van der Waals surface area contributed by atoms with Crippen LogP contribution in [0.15, 0.2) is 0 Å². The Labute approximate surface area is 101 Å². The number of hydrogen-bond acceptors (Lipinski definition) is 5. The lowest BCUT2D eigenvalue weighted by Gasteiger charge is -2.25. The Morgan fingerprint density at radius 2 is 2.31 bits per heavy atom. The maximum atomic E-state index is 11.3. The summed E-state index contributed by atoms with van der Waals surface area (Å²) >= 11 is 1.84. The highest BCUT2D eigenvalue weighted by Crippen LogP contribution is 2.28. The molecular weight excluding hydrogens is 226 g/mol. The monoisotopic (exact) mass is 247 g/mol. The van der Waals surface area contributed by atoms with Crippen molar-refractivity contribution in [2.75, 3.05) is 19.9 Å². The van der Waals surface area contributed by atoms with Crippen LogP contribution in [0.25, 0.3) is 0 Å². The first-order valence-corrected chi connectivity index (χ1v) is 6.87. The van der Waals surface area contributed by atoms with E-state index in [0.717, 1.165) is 6.42 Å². The molecule has 0 bridgehead atoms. The van der Waals surface area contributed by atoms with E-state index >= 15 is 0 Å². The first kappa shape index (κ1) is 13.8. The third-order valence-electron chi connectivity index (χ3n) is 3.09. The van der Waals surface area contributed by atoms with Gasteiger partial charge in [-0.2, -0.15) is 11.8 Å². The molecule has 0 aliphatic heterocycles. The van der Waals surface area contributed by atoms with Crippen LogP contribution in [0.4, 0.5) is 0 Å². The van der Waals surface area contributed by atoms with Gasteiger partial charge in [-0.25, -0.2) is 4.79 Å². The minimum Gasteiger partial charge on any atom is -0.467 e. The molecule has 0 radical (unpaired) electrons. The molecule has 2 N–H and O–H groups in total. The van der Waals surface area contributed by atoms with Crippen LogP contribution in [-0.2, 0) is 9.53 Å². The molecule has 1 fully saturated rings. The van der Waals surface area contributed by atoms with Crippen molar-refractivity contribution in [3.63, 3.8) is 0 Å². The fraction of sp³-hybridized carbons (Fsp3) is 0.909. The lowest BCUT2D eigenvalue weighted by Crippen LogP contribution is -2.49. The Morgan fingerprint density at radius 3 is 2.88 bits per heavy atom. The van der Waals surface area contributed by atoms with Crippen LogP contribution in [0.2, 0.25) is 0 Å². The van der Waals surface area contributed by atoms with Gasteiger partial charge in [-0.3, -0.25) is 0 Å². The highest BCUT2D eigenvalue weighted by Gasteiger charge is 2.34. The molecule has 3 atom stereocenters. The molecule has 0 spiro atoms. The number of nitrogens with one attached hydrogen (secondary N) is 1. The summed E-state index contributed by atoms with van der Waals surface area (Å²) in [7, 11) is 1.29. The Kier molecular flexibility index (Phi) is 5.08. The third kappa shape index (κ3) is 3.37. The van der Waals surface area contributed by atoms with E-state index in [1.165, 1.54) is 26.9 Å². The van der Waals surface area contributed by atoms with E-state index in [1.807, 2.05) is 11.8 Å². The van der Waals surface area contributed by atoms with Crippen LogP contribution >= 0.6 is 11.8 Å². The largest absolute Gasteiger partial charge is 0.467 e. The van der Waals surface area contributed by atoms with Gasteiger partial charge in [-0.15, -0.1) is 0 Å². The Hall–Kier alpha value is -0.260. The predicted molar refractivity (Wildman–Crippen MR) is 65.6 cm³/mol. The summed E-state index contributed by atoms with van der Waals surface area (Å²) in [6, 6.07) is 0.395. The first-order chi connectivity index (χ1) is 7.51. The lowest BCUT2D eigenvalue weighted by molar-refractivity contribution is -0.160. The second-order valence-electron chi connectivity index (χ2n) is 4.46. The van der Waals surface area contributed by atoms with E-state index < -0.39 is 11.6 Å². The van der Waals surface area contributed by atoms with E-state index in [4.69, 9.17) is 0 Å². The molecule has 0 saturated heterocycles. The fourth-order valence-electron chi connectivity index (χ4n) is 2.06. The van der Waals surface area contributed by atoms with Crippen molar-refractivity contribution in [3.8, 4) is 0 Å². The number of aliphatic hydroxyl groups is 1. The molecule has 3 unspecified atom stereocenters. The average Bonchev–Trinajstić information content (AvgIpc) is 2.72. The van der Waals surface area contributed by atoms with Gasteiger partial charge in [0.15, 0.2) is 5.60 Å². The highest BCUT2D eigenvalue weighted by atomic mass is 32.2. The van der Waals surface area contributed by atoms with Crippen LogP contribution in [0.3, 0.4) is 0 Å². The number of thioether (sulfide) groups is 1. The van der Waals surface area contributed by atoms with Gasteiger partial charge in [0, 0.05) is 17.8 Å². The average molecular weight is 247 g/mol. The topological polar surface area (TPSA) is 58.6 Å². The van der Waals surface area contributed by atoms with Crippen LogP contribution in [0.1, 0.15) is 26.2 Å². The predicted octanol–water partition coefficient (Wildman–Crippen LogP) is 0.784. The van der Waals surface area contributed by atoms with Gasteiger partial charge in [0.2, 0.25) is 0 Å². The quantitative estimate of drug-likeness (QED) is 0.703. The number of carbonyl (C=O) groups is 1. The molecule has 0 aromatic heterocycles.